The van der Waals surface area contributed by atoms with Crippen molar-refractivity contribution in [2.45, 2.75) is 45.9 Å². The Morgan fingerprint density at radius 2 is 1.78 bits per heavy atom. The monoisotopic (exact) mass is 437 g/mol. The first-order chi connectivity index (χ1) is 15.2. The highest BCUT2D eigenvalue weighted by molar-refractivity contribution is 5.90. The molecule has 0 atom stereocenters. The fourth-order valence-corrected chi connectivity index (χ4v) is 3.92. The smallest absolute Gasteiger partial charge is 0.410 e. The molecule has 0 aromatic heterocycles. The number of fused-ring (bicyclic) bond motifs is 1. The molecule has 32 heavy (non-hydrogen) atoms. The van der Waals surface area contributed by atoms with Gasteiger partial charge in [-0.1, -0.05) is 30.3 Å². The molecule has 0 aliphatic carbocycles. The lowest BCUT2D eigenvalue weighted by Gasteiger charge is -2.29. The van der Waals surface area contributed by atoms with Gasteiger partial charge in [0.15, 0.2) is 0 Å². The normalized spacial score (nSPS) is 15.8. The number of hydrogen-bond acceptors (Lipinski definition) is 3. The van der Waals surface area contributed by atoms with Gasteiger partial charge >= 0.3 is 12.1 Å². The van der Waals surface area contributed by atoms with Crippen LogP contribution < -0.4 is 5.32 Å². The van der Waals surface area contributed by atoms with E-state index < -0.39 is 5.60 Å². The van der Waals surface area contributed by atoms with E-state index in [1.165, 1.54) is 6.07 Å². The highest BCUT2D eigenvalue weighted by atomic mass is 19.1. The average molecular weight is 438 g/mol. The van der Waals surface area contributed by atoms with Crippen molar-refractivity contribution in [1.29, 1.82) is 0 Å². The number of carbonyl (C=O) groups is 2. The Morgan fingerprint density at radius 1 is 1.03 bits per heavy atom. The van der Waals surface area contributed by atoms with Gasteiger partial charge in [0.1, 0.15) is 11.4 Å². The van der Waals surface area contributed by atoms with Crippen molar-refractivity contribution < 1.29 is 18.7 Å². The molecule has 2 heterocycles. The summed E-state index contributed by atoms with van der Waals surface area (Å²) in [5.41, 5.74) is 3.83. The van der Waals surface area contributed by atoms with Gasteiger partial charge < -0.3 is 19.9 Å². The van der Waals surface area contributed by atoms with Crippen molar-refractivity contribution >= 4 is 23.4 Å². The topological polar surface area (TPSA) is 61.9 Å². The van der Waals surface area contributed by atoms with Gasteiger partial charge in [0.25, 0.3) is 0 Å². The first kappa shape index (κ1) is 21.9. The van der Waals surface area contributed by atoms with Crippen LogP contribution >= 0.6 is 0 Å². The van der Waals surface area contributed by atoms with Crippen LogP contribution in [0.25, 0.3) is 5.57 Å². The third-order valence-electron chi connectivity index (χ3n) is 5.58. The maximum Gasteiger partial charge on any atom is 0.410 e. The molecule has 0 radical (unpaired) electrons. The molecule has 2 aliphatic heterocycles. The fraction of sp³-hybridized carbons (Fsp3) is 0.360. The molecule has 4 rings (SSSR count). The van der Waals surface area contributed by atoms with E-state index in [9.17, 15) is 14.0 Å². The van der Waals surface area contributed by atoms with E-state index in [0.29, 0.717) is 30.9 Å². The van der Waals surface area contributed by atoms with Gasteiger partial charge in [-0.15, -0.1) is 0 Å². The van der Waals surface area contributed by atoms with Crippen LogP contribution in [0.3, 0.4) is 0 Å². The van der Waals surface area contributed by atoms with Gasteiger partial charge in [0.2, 0.25) is 0 Å². The summed E-state index contributed by atoms with van der Waals surface area (Å²) in [6.45, 7) is 7.36. The molecule has 2 aromatic rings. The summed E-state index contributed by atoms with van der Waals surface area (Å²) < 4.78 is 19.4. The molecule has 2 aliphatic rings. The van der Waals surface area contributed by atoms with E-state index in [1.54, 1.807) is 15.9 Å². The van der Waals surface area contributed by atoms with Gasteiger partial charge in [-0.3, -0.25) is 0 Å². The second kappa shape index (κ2) is 8.65. The minimum atomic E-state index is -0.507. The minimum Gasteiger partial charge on any atom is -0.444 e. The molecule has 0 unspecified atom stereocenters. The molecule has 0 saturated carbocycles. The van der Waals surface area contributed by atoms with Crippen LogP contribution in [0.4, 0.5) is 19.7 Å². The number of carbonyl (C=O) groups excluding carboxylic acids is 2. The molecule has 0 fully saturated rings. The summed E-state index contributed by atoms with van der Waals surface area (Å²) in [6, 6.07) is 12.3. The van der Waals surface area contributed by atoms with Crippen LogP contribution in [-0.2, 0) is 17.8 Å². The Kier molecular flexibility index (Phi) is 5.91. The van der Waals surface area contributed by atoms with Gasteiger partial charge in [-0.25, -0.2) is 14.0 Å². The number of ether oxygens (including phenoxy) is 1. The SMILES string of the molecule is CC(C)(C)OC(=O)N1CC=C(c2ccc(NC(=O)N3Cc4cccc(F)c4C3)cc2)CC1. The van der Waals surface area contributed by atoms with Gasteiger partial charge in [0, 0.05) is 30.9 Å². The first-order valence-electron chi connectivity index (χ1n) is 10.8. The molecule has 0 saturated heterocycles. The van der Waals surface area contributed by atoms with Crippen molar-refractivity contribution in [1.82, 2.24) is 9.80 Å². The Balaban J connectivity index is 1.33. The Bertz CT molecular complexity index is 1060. The third-order valence-corrected chi connectivity index (χ3v) is 5.58. The summed E-state index contributed by atoms with van der Waals surface area (Å²) in [5, 5.41) is 2.89. The van der Waals surface area contributed by atoms with Gasteiger partial charge in [-0.2, -0.15) is 0 Å². The lowest BCUT2D eigenvalue weighted by Crippen LogP contribution is -2.39. The van der Waals surface area contributed by atoms with Crippen molar-refractivity contribution in [3.05, 3.63) is 71.0 Å². The van der Waals surface area contributed by atoms with E-state index in [1.807, 2.05) is 57.2 Å². The lowest BCUT2D eigenvalue weighted by atomic mass is 9.99. The number of amides is 3. The van der Waals surface area contributed by atoms with E-state index in [-0.39, 0.29) is 24.5 Å². The van der Waals surface area contributed by atoms with Crippen molar-refractivity contribution in [3.63, 3.8) is 0 Å². The molecule has 6 nitrogen and oxygen atoms in total. The number of benzene rings is 2. The second-order valence-corrected chi connectivity index (χ2v) is 9.15. The Morgan fingerprint density at radius 3 is 2.41 bits per heavy atom. The summed E-state index contributed by atoms with van der Waals surface area (Å²) in [5.74, 6) is -0.270. The van der Waals surface area contributed by atoms with Gasteiger partial charge in [-0.05, 0) is 62.1 Å². The third kappa shape index (κ3) is 4.93. The van der Waals surface area contributed by atoms with Crippen LogP contribution in [0.15, 0.2) is 48.5 Å². The maximum atomic E-state index is 13.9. The van der Waals surface area contributed by atoms with Crippen LogP contribution in [-0.4, -0.2) is 40.6 Å². The first-order valence-corrected chi connectivity index (χ1v) is 10.8. The maximum absolute atomic E-state index is 13.9. The molecular formula is C25H28FN3O3. The molecule has 0 bridgehead atoms. The largest absolute Gasteiger partial charge is 0.444 e. The number of nitrogens with zero attached hydrogens (tertiary/aromatic N) is 2. The van der Waals surface area contributed by atoms with Crippen LogP contribution in [0.2, 0.25) is 0 Å². The summed E-state index contributed by atoms with van der Waals surface area (Å²) in [6.07, 6.45) is 2.48. The average Bonchev–Trinajstić information content (AvgIpc) is 3.19. The molecule has 2 aromatic carbocycles. The zero-order valence-electron chi connectivity index (χ0n) is 18.7. The molecule has 3 amide bonds. The van der Waals surface area contributed by atoms with E-state index in [4.69, 9.17) is 4.74 Å². The molecule has 1 N–H and O–H groups in total. The van der Waals surface area contributed by atoms with E-state index in [0.717, 1.165) is 23.1 Å². The number of halogens is 1. The van der Waals surface area contributed by atoms with E-state index >= 15 is 0 Å². The number of nitrogens with one attached hydrogen (secondary N) is 1. The zero-order chi connectivity index (χ0) is 22.9. The molecule has 7 heteroatoms. The van der Waals surface area contributed by atoms with Crippen LogP contribution in [0.1, 0.15) is 43.9 Å². The molecule has 0 spiro atoms. The minimum absolute atomic E-state index is 0.252. The van der Waals surface area contributed by atoms with Crippen molar-refractivity contribution in [2.24, 2.45) is 0 Å². The standard InChI is InChI=1S/C25H28FN3O3/c1-25(2,3)32-24(31)28-13-11-18(12-14-28)17-7-9-20(10-8-17)27-23(30)29-15-19-5-4-6-22(26)21(19)16-29/h4-11H,12-16H2,1-3H3,(H,27,30). The second-order valence-electron chi connectivity index (χ2n) is 9.15. The molecule has 168 valence electrons. The van der Waals surface area contributed by atoms with Crippen LogP contribution in [0, 0.1) is 5.82 Å². The quantitative estimate of drug-likeness (QED) is 0.685. The number of urea groups is 1. The lowest BCUT2D eigenvalue weighted by molar-refractivity contribution is 0.0270. The zero-order valence-corrected chi connectivity index (χ0v) is 18.7. The highest BCUT2D eigenvalue weighted by Gasteiger charge is 2.26. The van der Waals surface area contributed by atoms with Gasteiger partial charge in [0.05, 0.1) is 6.54 Å². The van der Waals surface area contributed by atoms with Crippen molar-refractivity contribution in [2.75, 3.05) is 18.4 Å². The predicted octanol–water partition coefficient (Wildman–Crippen LogP) is 5.40. The summed E-state index contributed by atoms with van der Waals surface area (Å²) in [4.78, 5) is 28.1. The van der Waals surface area contributed by atoms with E-state index in [2.05, 4.69) is 5.32 Å². The Labute approximate surface area is 187 Å². The fourth-order valence-electron chi connectivity index (χ4n) is 3.92. The van der Waals surface area contributed by atoms with Crippen molar-refractivity contribution in [3.8, 4) is 0 Å². The Hall–Kier alpha value is -3.35. The highest BCUT2D eigenvalue weighted by Crippen LogP contribution is 2.27. The van der Waals surface area contributed by atoms with Crippen LogP contribution in [0.5, 0.6) is 0 Å². The summed E-state index contributed by atoms with van der Waals surface area (Å²) >= 11 is 0. The predicted molar refractivity (Wildman–Crippen MR) is 122 cm³/mol. The number of hydrogen-bond donors (Lipinski definition) is 1. The number of anilines is 1. The molecular weight excluding hydrogens is 409 g/mol. The summed E-state index contributed by atoms with van der Waals surface area (Å²) in [7, 11) is 0. The number of rotatable bonds is 2.